The Bertz CT molecular complexity index is 1340. The predicted molar refractivity (Wildman–Crippen MR) is 135 cm³/mol. The molecule has 0 aliphatic heterocycles. The summed E-state index contributed by atoms with van der Waals surface area (Å²) in [4.78, 5) is 10.3. The Balaban J connectivity index is 1.82. The number of benzene rings is 3. The third-order valence-corrected chi connectivity index (χ3v) is 5.56. The summed E-state index contributed by atoms with van der Waals surface area (Å²) >= 11 is 2.05. The van der Waals surface area contributed by atoms with Gasteiger partial charge in [0.2, 0.25) is 0 Å². The average molecular weight is 610 g/mol. The molecule has 0 bridgehead atoms. The summed E-state index contributed by atoms with van der Waals surface area (Å²) in [5.74, 6) is 0.884. The van der Waals surface area contributed by atoms with Crippen molar-refractivity contribution in [2.75, 3.05) is 12.0 Å². The van der Waals surface area contributed by atoms with E-state index in [0.717, 1.165) is 12.1 Å². The number of hydrazone groups is 1. The van der Waals surface area contributed by atoms with Crippen LogP contribution in [0.1, 0.15) is 29.2 Å². The lowest BCUT2D eigenvalue weighted by Gasteiger charge is -2.15. The van der Waals surface area contributed by atoms with E-state index in [2.05, 4.69) is 39.2 Å². The monoisotopic (exact) mass is 610 g/mol. The molecule has 8 nitrogen and oxygen atoms in total. The largest absolute Gasteiger partial charge is 0.490 e. The van der Waals surface area contributed by atoms with Gasteiger partial charge in [-0.2, -0.15) is 23.5 Å². The van der Waals surface area contributed by atoms with Crippen LogP contribution in [0.2, 0.25) is 0 Å². The van der Waals surface area contributed by atoms with Crippen LogP contribution in [0.25, 0.3) is 0 Å². The summed E-state index contributed by atoms with van der Waals surface area (Å²) in [6.07, 6.45) is -3.36. The number of rotatable bonds is 9. The second-order valence-corrected chi connectivity index (χ2v) is 8.34. The van der Waals surface area contributed by atoms with Crippen LogP contribution >= 0.6 is 22.6 Å². The van der Waals surface area contributed by atoms with Gasteiger partial charge in [0.05, 0.1) is 38.5 Å². The zero-order valence-corrected chi connectivity index (χ0v) is 20.8. The maximum absolute atomic E-state index is 12.9. The first-order valence-corrected chi connectivity index (χ1v) is 11.4. The van der Waals surface area contributed by atoms with Crippen LogP contribution in [0.4, 0.5) is 24.5 Å². The molecule has 36 heavy (non-hydrogen) atoms. The first-order valence-electron chi connectivity index (χ1n) is 10.4. The lowest BCUT2D eigenvalue weighted by molar-refractivity contribution is -0.384. The lowest BCUT2D eigenvalue weighted by Crippen LogP contribution is -2.06. The Morgan fingerprint density at radius 3 is 2.61 bits per heavy atom. The third-order valence-electron chi connectivity index (χ3n) is 4.76. The fourth-order valence-corrected chi connectivity index (χ4v) is 3.88. The molecule has 0 saturated heterocycles. The van der Waals surface area contributed by atoms with E-state index >= 15 is 0 Å². The van der Waals surface area contributed by atoms with Crippen LogP contribution in [0.15, 0.2) is 59.7 Å². The van der Waals surface area contributed by atoms with E-state index in [1.54, 1.807) is 37.3 Å². The highest BCUT2D eigenvalue weighted by Crippen LogP contribution is 2.36. The van der Waals surface area contributed by atoms with Crippen molar-refractivity contribution in [2.45, 2.75) is 19.7 Å². The number of nitrogens with one attached hydrogen (secondary N) is 1. The zero-order valence-electron chi connectivity index (χ0n) is 18.7. The van der Waals surface area contributed by atoms with Crippen LogP contribution in [-0.4, -0.2) is 17.7 Å². The van der Waals surface area contributed by atoms with E-state index < -0.39 is 22.4 Å². The minimum atomic E-state index is -4.71. The number of anilines is 1. The van der Waals surface area contributed by atoms with Crippen LogP contribution in [0.3, 0.4) is 0 Å². The van der Waals surface area contributed by atoms with Gasteiger partial charge in [-0.1, -0.05) is 18.2 Å². The number of halogens is 4. The van der Waals surface area contributed by atoms with Gasteiger partial charge in [-0.3, -0.25) is 15.5 Å². The molecule has 0 heterocycles. The van der Waals surface area contributed by atoms with Gasteiger partial charge in [-0.15, -0.1) is 0 Å². The number of nitro benzene ring substituents is 1. The first kappa shape index (κ1) is 26.7. The molecule has 0 spiro atoms. The summed E-state index contributed by atoms with van der Waals surface area (Å²) in [6, 6.07) is 14.7. The molecule has 3 rings (SSSR count). The molecule has 0 fully saturated rings. The number of nitriles is 1. The predicted octanol–water partition coefficient (Wildman–Crippen LogP) is 6.51. The average Bonchev–Trinajstić information content (AvgIpc) is 2.83. The van der Waals surface area contributed by atoms with Gasteiger partial charge in [-0.25, -0.2) is 0 Å². The van der Waals surface area contributed by atoms with Crippen molar-refractivity contribution in [3.05, 3.63) is 90.5 Å². The van der Waals surface area contributed by atoms with E-state index in [0.29, 0.717) is 44.4 Å². The van der Waals surface area contributed by atoms with E-state index in [1.165, 1.54) is 6.21 Å². The van der Waals surface area contributed by atoms with E-state index in [-0.39, 0.29) is 12.3 Å². The van der Waals surface area contributed by atoms with Gasteiger partial charge in [0.1, 0.15) is 12.3 Å². The summed E-state index contributed by atoms with van der Waals surface area (Å²) < 4.78 is 51.0. The van der Waals surface area contributed by atoms with Gasteiger partial charge in [0.25, 0.3) is 5.69 Å². The Hall–Kier alpha value is -3.86. The fraction of sp³-hybridized carbons (Fsp3) is 0.167. The molecular weight excluding hydrogens is 592 g/mol. The highest BCUT2D eigenvalue weighted by atomic mass is 127. The van der Waals surface area contributed by atoms with Gasteiger partial charge in [0, 0.05) is 11.6 Å². The molecule has 0 saturated carbocycles. The highest BCUT2D eigenvalue weighted by molar-refractivity contribution is 14.1. The van der Waals surface area contributed by atoms with Gasteiger partial charge < -0.3 is 9.47 Å². The van der Waals surface area contributed by atoms with Crippen LogP contribution in [0, 0.1) is 25.0 Å². The molecule has 0 radical (unpaired) electrons. The molecule has 0 aliphatic rings. The molecule has 12 heteroatoms. The summed E-state index contributed by atoms with van der Waals surface area (Å²) in [6.45, 7) is 2.29. The molecule has 186 valence electrons. The van der Waals surface area contributed by atoms with Crippen LogP contribution in [-0.2, 0) is 12.8 Å². The van der Waals surface area contributed by atoms with E-state index in [4.69, 9.17) is 9.47 Å². The lowest BCUT2D eigenvalue weighted by atomic mass is 10.1. The summed E-state index contributed by atoms with van der Waals surface area (Å²) in [5, 5.41) is 24.4. The van der Waals surface area contributed by atoms with E-state index in [9.17, 15) is 28.5 Å². The molecule has 0 aromatic heterocycles. The van der Waals surface area contributed by atoms with Crippen molar-refractivity contribution in [3.8, 4) is 17.6 Å². The normalized spacial score (nSPS) is 11.2. The van der Waals surface area contributed by atoms with Gasteiger partial charge >= 0.3 is 6.18 Å². The Kier molecular flexibility index (Phi) is 8.70. The van der Waals surface area contributed by atoms with Gasteiger partial charge in [-0.05, 0) is 65.4 Å². The van der Waals surface area contributed by atoms with Crippen molar-refractivity contribution in [1.29, 1.82) is 5.26 Å². The number of alkyl halides is 3. The Morgan fingerprint density at radius 2 is 1.94 bits per heavy atom. The standard InChI is InChI=1S/C24H18F3IN4O4/c1-2-35-22-10-15(9-19(28)23(22)36-14-17-6-4-3-5-16(17)12-29)13-30-31-20-8-7-18(24(25,26)27)11-21(20)32(33)34/h3-11,13,31H,2,14H2,1H3/b30-13-. The zero-order chi connectivity index (χ0) is 26.3. The molecule has 0 unspecified atom stereocenters. The molecular formula is C24H18F3IN4O4. The fourth-order valence-electron chi connectivity index (χ4n) is 3.10. The highest BCUT2D eigenvalue weighted by Gasteiger charge is 2.33. The smallest absolute Gasteiger partial charge is 0.416 e. The van der Waals surface area contributed by atoms with Crippen LogP contribution in [0.5, 0.6) is 11.5 Å². The molecule has 3 aromatic carbocycles. The van der Waals surface area contributed by atoms with Crippen molar-refractivity contribution in [3.63, 3.8) is 0 Å². The number of hydrogen-bond donors (Lipinski definition) is 1. The van der Waals surface area contributed by atoms with Gasteiger partial charge in [0.15, 0.2) is 11.5 Å². The second kappa shape index (κ2) is 11.7. The number of nitro groups is 1. The molecule has 3 aromatic rings. The number of nitrogens with zero attached hydrogens (tertiary/aromatic N) is 3. The molecule has 1 N–H and O–H groups in total. The number of hydrogen-bond acceptors (Lipinski definition) is 7. The SMILES string of the molecule is CCOc1cc(/C=N\Nc2ccc(C(F)(F)F)cc2[N+](=O)[O-])cc(I)c1OCc1ccccc1C#N. The van der Waals surface area contributed by atoms with Crippen molar-refractivity contribution in [2.24, 2.45) is 5.10 Å². The number of ether oxygens (including phenoxy) is 2. The third kappa shape index (κ3) is 6.63. The van der Waals surface area contributed by atoms with Crippen molar-refractivity contribution < 1.29 is 27.6 Å². The second-order valence-electron chi connectivity index (χ2n) is 7.18. The molecule has 0 aliphatic carbocycles. The van der Waals surface area contributed by atoms with Crippen molar-refractivity contribution in [1.82, 2.24) is 0 Å². The maximum Gasteiger partial charge on any atom is 0.416 e. The Labute approximate surface area is 217 Å². The quantitative estimate of drug-likeness (QED) is 0.128. The van der Waals surface area contributed by atoms with E-state index in [1.807, 2.05) is 6.07 Å². The maximum atomic E-state index is 12.9. The minimum Gasteiger partial charge on any atom is -0.490 e. The minimum absolute atomic E-state index is 0.145. The molecule has 0 amide bonds. The summed E-state index contributed by atoms with van der Waals surface area (Å²) in [7, 11) is 0. The topological polar surface area (TPSA) is 110 Å². The summed E-state index contributed by atoms with van der Waals surface area (Å²) in [5.41, 5.74) is 2.10. The first-order chi connectivity index (χ1) is 17.1. The molecule has 0 atom stereocenters. The Morgan fingerprint density at radius 1 is 1.19 bits per heavy atom. The van der Waals surface area contributed by atoms with Crippen molar-refractivity contribution >= 4 is 40.2 Å². The van der Waals surface area contributed by atoms with Crippen LogP contribution < -0.4 is 14.9 Å².